The minimum absolute atomic E-state index is 0.0178. The van der Waals surface area contributed by atoms with Crippen LogP contribution in [-0.2, 0) is 36.8 Å². The van der Waals surface area contributed by atoms with E-state index in [1.54, 1.807) is 25.7 Å². The fourth-order valence-electron chi connectivity index (χ4n) is 6.55. The molecule has 5 atom stereocenters. The zero-order chi connectivity index (χ0) is 33.2. The predicted molar refractivity (Wildman–Crippen MR) is 167 cm³/mol. The minimum atomic E-state index is -1.46. The molecule has 1 saturated carbocycles. The molecule has 1 aromatic rings. The molecule has 0 unspecified atom stereocenters. The SMILES string of the molecule is CC(C)(C)OC(=O)N[C@H]1CCCCC/C=C\[C@@H]2C[C@@]2(C(=O)O)NC(=O)[C@@H]2C[C@@H](OC(=O)N3CCc4ccc(N)cc4C3)CN2C1=O. The normalized spacial score (nSPS) is 29.1. The molecule has 1 aliphatic carbocycles. The number of alkyl carbamates (subject to hydrolysis) is 1. The maximum absolute atomic E-state index is 14.1. The van der Waals surface area contributed by atoms with Crippen molar-refractivity contribution in [1.82, 2.24) is 20.4 Å². The number of nitrogen functional groups attached to an aromatic ring is 1. The second kappa shape index (κ2) is 13.2. The molecule has 1 aromatic carbocycles. The van der Waals surface area contributed by atoms with E-state index in [0.717, 1.165) is 30.4 Å². The summed E-state index contributed by atoms with van der Waals surface area (Å²) in [7, 11) is 0. The van der Waals surface area contributed by atoms with Crippen molar-refractivity contribution in [2.45, 2.75) is 108 Å². The number of nitrogens with zero attached hydrogens (tertiary/aromatic N) is 2. The summed E-state index contributed by atoms with van der Waals surface area (Å²) in [6.45, 7) is 5.83. The minimum Gasteiger partial charge on any atom is -0.479 e. The summed E-state index contributed by atoms with van der Waals surface area (Å²) in [4.78, 5) is 69.2. The molecular formula is C33H45N5O8. The first-order chi connectivity index (χ1) is 21.8. The van der Waals surface area contributed by atoms with Crippen LogP contribution in [-0.4, -0.2) is 87.3 Å². The van der Waals surface area contributed by atoms with Crippen molar-refractivity contribution in [3.05, 3.63) is 41.5 Å². The van der Waals surface area contributed by atoms with Crippen LogP contribution >= 0.6 is 0 Å². The Morgan fingerprint density at radius 2 is 1.91 bits per heavy atom. The van der Waals surface area contributed by atoms with E-state index in [2.05, 4.69) is 10.6 Å². The van der Waals surface area contributed by atoms with E-state index in [9.17, 15) is 29.1 Å². The van der Waals surface area contributed by atoms with Gasteiger partial charge >= 0.3 is 18.2 Å². The third kappa shape index (κ3) is 7.56. The zero-order valence-corrected chi connectivity index (χ0v) is 26.8. The van der Waals surface area contributed by atoms with Crippen LogP contribution in [0.2, 0.25) is 0 Å². The van der Waals surface area contributed by atoms with Crippen LogP contribution in [0, 0.1) is 5.92 Å². The number of carboxylic acid groups (broad SMARTS) is 1. The maximum atomic E-state index is 14.1. The van der Waals surface area contributed by atoms with Gasteiger partial charge in [-0.05, 0) is 76.1 Å². The Morgan fingerprint density at radius 1 is 1.13 bits per heavy atom. The van der Waals surface area contributed by atoms with Gasteiger partial charge in [-0.1, -0.05) is 31.1 Å². The van der Waals surface area contributed by atoms with Gasteiger partial charge in [-0.2, -0.15) is 0 Å². The number of rotatable bonds is 3. The van der Waals surface area contributed by atoms with Gasteiger partial charge in [-0.3, -0.25) is 9.59 Å². The number of hydrogen-bond acceptors (Lipinski definition) is 8. The molecule has 46 heavy (non-hydrogen) atoms. The lowest BCUT2D eigenvalue weighted by Crippen LogP contribution is -2.56. The number of ether oxygens (including phenoxy) is 2. The van der Waals surface area contributed by atoms with Crippen LogP contribution < -0.4 is 16.4 Å². The number of allylic oxidation sites excluding steroid dienone is 1. The summed E-state index contributed by atoms with van der Waals surface area (Å²) in [5.41, 5.74) is 6.33. The number of fused-ring (bicyclic) bond motifs is 3. The number of nitrogens with two attached hydrogens (primary N) is 1. The van der Waals surface area contributed by atoms with Crippen LogP contribution in [0.15, 0.2) is 30.4 Å². The molecule has 3 heterocycles. The molecule has 4 amide bonds. The molecule has 2 fully saturated rings. The Balaban J connectivity index is 1.36. The monoisotopic (exact) mass is 639 g/mol. The number of carbonyl (C=O) groups is 5. The number of carboxylic acids is 1. The van der Waals surface area contributed by atoms with Gasteiger partial charge in [0.05, 0.1) is 6.54 Å². The lowest BCUT2D eigenvalue weighted by atomic mass is 9.99. The topological polar surface area (TPSA) is 181 Å². The Bertz CT molecular complexity index is 1410. The van der Waals surface area contributed by atoms with Gasteiger partial charge in [-0.15, -0.1) is 0 Å². The zero-order valence-electron chi connectivity index (χ0n) is 26.8. The van der Waals surface area contributed by atoms with Crippen LogP contribution in [0.1, 0.15) is 76.8 Å². The summed E-state index contributed by atoms with van der Waals surface area (Å²) < 4.78 is 11.3. The van der Waals surface area contributed by atoms with Crippen molar-refractivity contribution in [3.8, 4) is 0 Å². The van der Waals surface area contributed by atoms with Crippen molar-refractivity contribution in [2.24, 2.45) is 5.92 Å². The Kier molecular flexibility index (Phi) is 9.50. The van der Waals surface area contributed by atoms with Gasteiger partial charge in [0.2, 0.25) is 11.8 Å². The van der Waals surface area contributed by atoms with Crippen molar-refractivity contribution in [1.29, 1.82) is 0 Å². The van der Waals surface area contributed by atoms with Gasteiger partial charge in [0, 0.05) is 31.1 Å². The highest BCUT2D eigenvalue weighted by Gasteiger charge is 2.61. The summed E-state index contributed by atoms with van der Waals surface area (Å²) in [6, 6.07) is 3.51. The fraction of sp³-hybridized carbons (Fsp3) is 0.606. The van der Waals surface area contributed by atoms with Crippen molar-refractivity contribution >= 4 is 35.7 Å². The van der Waals surface area contributed by atoms with Gasteiger partial charge < -0.3 is 40.7 Å². The van der Waals surface area contributed by atoms with Crippen LogP contribution in [0.3, 0.4) is 0 Å². The number of aliphatic carboxylic acids is 1. The summed E-state index contributed by atoms with van der Waals surface area (Å²) >= 11 is 0. The summed E-state index contributed by atoms with van der Waals surface area (Å²) in [6.07, 6.45) is 5.76. The fourth-order valence-corrected chi connectivity index (χ4v) is 6.55. The first kappa shape index (κ1) is 33.1. The van der Waals surface area contributed by atoms with E-state index in [1.165, 1.54) is 4.90 Å². The first-order valence-electron chi connectivity index (χ1n) is 16.1. The molecule has 5 rings (SSSR count). The standard InChI is InChI=1S/C33H45N5O8/c1-32(2,3)46-30(43)35-25-10-8-6-4-5-7-9-22-17-33(22,29(41)42)36-27(39)26-16-24(19-38(26)28(25)40)45-31(44)37-14-13-20-11-12-23(34)15-21(20)18-37/h7,9,11-12,15,22,24-26H,4-6,8,10,13-14,16-19,34H2,1-3H3,(H,35,43)(H,36,39)(H,41,42)/b9-7-/t22-,24-,25+,26+,33-/m1/s1. The number of benzene rings is 1. The van der Waals surface area contributed by atoms with Gasteiger partial charge in [0.1, 0.15) is 29.3 Å². The summed E-state index contributed by atoms with van der Waals surface area (Å²) in [5.74, 6) is -2.67. The highest BCUT2D eigenvalue weighted by atomic mass is 16.6. The quantitative estimate of drug-likeness (QED) is 0.285. The molecule has 1 saturated heterocycles. The van der Waals surface area contributed by atoms with E-state index in [0.29, 0.717) is 38.0 Å². The third-order valence-corrected chi connectivity index (χ3v) is 9.08. The smallest absolute Gasteiger partial charge is 0.410 e. The average molecular weight is 640 g/mol. The first-order valence-corrected chi connectivity index (χ1v) is 16.1. The van der Waals surface area contributed by atoms with E-state index >= 15 is 0 Å². The maximum Gasteiger partial charge on any atom is 0.410 e. The number of amides is 4. The Hall–Kier alpha value is -4.29. The van der Waals surface area contributed by atoms with Gasteiger partial charge in [0.25, 0.3) is 0 Å². The van der Waals surface area contributed by atoms with Crippen LogP contribution in [0.25, 0.3) is 0 Å². The molecule has 250 valence electrons. The highest BCUT2D eigenvalue weighted by molar-refractivity contribution is 5.96. The van der Waals surface area contributed by atoms with Crippen molar-refractivity contribution in [2.75, 3.05) is 18.8 Å². The Labute approximate surface area is 268 Å². The van der Waals surface area contributed by atoms with Gasteiger partial charge in [0.15, 0.2) is 0 Å². The molecule has 5 N–H and O–H groups in total. The van der Waals surface area contributed by atoms with E-state index in [1.807, 2.05) is 30.4 Å². The number of hydrogen-bond donors (Lipinski definition) is 4. The van der Waals surface area contributed by atoms with E-state index < -0.39 is 59.3 Å². The number of carbonyl (C=O) groups excluding carboxylic acids is 4. The highest BCUT2D eigenvalue weighted by Crippen LogP contribution is 2.45. The number of nitrogens with one attached hydrogen (secondary N) is 2. The van der Waals surface area contributed by atoms with Crippen molar-refractivity contribution < 1.29 is 38.6 Å². The molecule has 3 aliphatic heterocycles. The lowest BCUT2D eigenvalue weighted by Gasteiger charge is -2.30. The second-order valence-electron chi connectivity index (χ2n) is 13.8. The predicted octanol–water partition coefficient (Wildman–Crippen LogP) is 3.11. The van der Waals surface area contributed by atoms with Crippen LogP contribution in [0.4, 0.5) is 15.3 Å². The molecule has 13 nitrogen and oxygen atoms in total. The van der Waals surface area contributed by atoms with E-state index in [4.69, 9.17) is 15.2 Å². The van der Waals surface area contributed by atoms with Gasteiger partial charge in [-0.25, -0.2) is 14.4 Å². The molecule has 0 radical (unpaired) electrons. The molecular weight excluding hydrogens is 594 g/mol. The van der Waals surface area contributed by atoms with Crippen LogP contribution in [0.5, 0.6) is 0 Å². The lowest BCUT2D eigenvalue weighted by molar-refractivity contribution is -0.145. The molecule has 13 heteroatoms. The second-order valence-corrected chi connectivity index (χ2v) is 13.8. The molecule has 0 bridgehead atoms. The largest absolute Gasteiger partial charge is 0.479 e. The summed E-state index contributed by atoms with van der Waals surface area (Å²) in [5, 5.41) is 15.5. The Morgan fingerprint density at radius 3 is 2.65 bits per heavy atom. The molecule has 4 aliphatic rings. The van der Waals surface area contributed by atoms with E-state index in [-0.39, 0.29) is 25.3 Å². The number of anilines is 1. The third-order valence-electron chi connectivity index (χ3n) is 9.08. The van der Waals surface area contributed by atoms with Crippen molar-refractivity contribution in [3.63, 3.8) is 0 Å². The molecule has 0 aromatic heterocycles. The average Bonchev–Trinajstić information content (AvgIpc) is 3.51. The molecule has 0 spiro atoms.